The van der Waals surface area contributed by atoms with Crippen molar-refractivity contribution in [3.8, 4) is 0 Å². The third-order valence-electron chi connectivity index (χ3n) is 3.14. The first-order valence-corrected chi connectivity index (χ1v) is 7.47. The number of nitrogens with zero attached hydrogens (tertiary/aromatic N) is 1. The fourth-order valence-electron chi connectivity index (χ4n) is 2.06. The topological polar surface area (TPSA) is 57.8 Å². The van der Waals surface area contributed by atoms with Gasteiger partial charge in [-0.15, -0.1) is 0 Å². The first kappa shape index (κ1) is 14.1. The highest BCUT2D eigenvalue weighted by Crippen LogP contribution is 2.21. The Labute approximate surface area is 134 Å². The Hall–Kier alpha value is -1.85. The highest BCUT2D eigenvalue weighted by molar-refractivity contribution is 9.10. The molecule has 0 aliphatic carbocycles. The minimum atomic E-state index is -0.230. The van der Waals surface area contributed by atoms with Crippen LogP contribution in [0.5, 0.6) is 0 Å². The summed E-state index contributed by atoms with van der Waals surface area (Å²) < 4.78 is 0.904. The van der Waals surface area contributed by atoms with Crippen molar-refractivity contribution in [2.45, 2.75) is 6.54 Å². The molecule has 1 amide bonds. The molecule has 0 saturated heterocycles. The van der Waals surface area contributed by atoms with Crippen molar-refractivity contribution in [1.29, 1.82) is 0 Å². The molecule has 0 aliphatic heterocycles. The molecule has 3 aromatic rings. The van der Waals surface area contributed by atoms with Gasteiger partial charge in [-0.1, -0.05) is 51.8 Å². The number of hydrogen-bond donors (Lipinski definition) is 2. The Kier molecular flexibility index (Phi) is 3.94. The Balaban J connectivity index is 1.77. The lowest BCUT2D eigenvalue weighted by atomic mass is 10.2. The Bertz CT molecular complexity index is 816. The predicted molar refractivity (Wildman–Crippen MR) is 86.4 cm³/mol. The highest BCUT2D eigenvalue weighted by Gasteiger charge is 2.13. The second kappa shape index (κ2) is 5.87. The van der Waals surface area contributed by atoms with Crippen molar-refractivity contribution in [3.63, 3.8) is 0 Å². The maximum absolute atomic E-state index is 12.2. The summed E-state index contributed by atoms with van der Waals surface area (Å²) in [6.07, 6.45) is 0. The summed E-state index contributed by atoms with van der Waals surface area (Å²) in [6, 6.07) is 13.1. The number of fused-ring (bicyclic) bond motifs is 1. The molecular formula is C15H11BrClN3O. The van der Waals surface area contributed by atoms with Gasteiger partial charge in [0.25, 0.3) is 5.91 Å². The molecule has 0 fully saturated rings. The van der Waals surface area contributed by atoms with Gasteiger partial charge < -0.3 is 5.32 Å². The maximum Gasteiger partial charge on any atom is 0.272 e. The molecule has 0 atom stereocenters. The maximum atomic E-state index is 12.2. The molecule has 3 rings (SSSR count). The number of aromatic nitrogens is 2. The van der Waals surface area contributed by atoms with Gasteiger partial charge in [0.1, 0.15) is 0 Å². The number of carbonyl (C=O) groups excluding carboxylic acids is 1. The number of carbonyl (C=O) groups is 1. The second-order valence-corrected chi connectivity index (χ2v) is 5.86. The summed E-state index contributed by atoms with van der Waals surface area (Å²) in [6.45, 7) is 0.353. The van der Waals surface area contributed by atoms with Crippen LogP contribution in [0.2, 0.25) is 5.02 Å². The third kappa shape index (κ3) is 2.94. The van der Waals surface area contributed by atoms with Crippen molar-refractivity contribution in [2.24, 2.45) is 0 Å². The van der Waals surface area contributed by atoms with E-state index in [1.165, 1.54) is 0 Å². The van der Waals surface area contributed by atoms with Crippen LogP contribution in [-0.2, 0) is 6.54 Å². The molecular weight excluding hydrogens is 354 g/mol. The summed E-state index contributed by atoms with van der Waals surface area (Å²) in [5.74, 6) is -0.230. The van der Waals surface area contributed by atoms with Gasteiger partial charge in [0.15, 0.2) is 5.69 Å². The van der Waals surface area contributed by atoms with E-state index in [-0.39, 0.29) is 5.91 Å². The van der Waals surface area contributed by atoms with Gasteiger partial charge in [-0.2, -0.15) is 5.10 Å². The third-order valence-corrected chi connectivity index (χ3v) is 3.99. The molecule has 0 aliphatic rings. The van der Waals surface area contributed by atoms with Crippen LogP contribution < -0.4 is 5.32 Å². The molecule has 0 spiro atoms. The predicted octanol–water partition coefficient (Wildman–Crippen LogP) is 3.91. The molecule has 0 radical (unpaired) electrons. The minimum absolute atomic E-state index is 0.230. The zero-order chi connectivity index (χ0) is 14.8. The second-order valence-electron chi connectivity index (χ2n) is 4.54. The van der Waals surface area contributed by atoms with Crippen molar-refractivity contribution in [2.75, 3.05) is 0 Å². The largest absolute Gasteiger partial charge is 0.346 e. The molecule has 2 N–H and O–H groups in total. The molecule has 106 valence electrons. The average Bonchev–Trinajstić information content (AvgIpc) is 2.90. The SMILES string of the molecule is O=C(NCc1ccc(Br)cc1Cl)c1n[nH]c2ccccc12. The Morgan fingerprint density at radius 1 is 1.29 bits per heavy atom. The van der Waals surface area contributed by atoms with Gasteiger partial charge in [0.05, 0.1) is 5.52 Å². The smallest absolute Gasteiger partial charge is 0.272 e. The molecule has 6 heteroatoms. The summed E-state index contributed by atoms with van der Waals surface area (Å²) in [7, 11) is 0. The number of halogens is 2. The first-order chi connectivity index (χ1) is 10.1. The summed E-state index contributed by atoms with van der Waals surface area (Å²) in [4.78, 5) is 12.2. The number of benzene rings is 2. The molecule has 0 unspecified atom stereocenters. The van der Waals surface area contributed by atoms with E-state index in [1.54, 1.807) is 6.07 Å². The Morgan fingerprint density at radius 3 is 2.90 bits per heavy atom. The molecule has 0 bridgehead atoms. The number of amides is 1. The van der Waals surface area contributed by atoms with E-state index in [4.69, 9.17) is 11.6 Å². The number of nitrogens with one attached hydrogen (secondary N) is 2. The lowest BCUT2D eigenvalue weighted by Crippen LogP contribution is -2.23. The van der Waals surface area contributed by atoms with Crippen molar-refractivity contribution in [1.82, 2.24) is 15.5 Å². The van der Waals surface area contributed by atoms with Gasteiger partial charge in [0, 0.05) is 21.4 Å². The monoisotopic (exact) mass is 363 g/mol. The fourth-order valence-corrected chi connectivity index (χ4v) is 2.80. The number of aromatic amines is 1. The molecule has 1 aromatic heterocycles. The quantitative estimate of drug-likeness (QED) is 0.740. The van der Waals surface area contributed by atoms with E-state index < -0.39 is 0 Å². The minimum Gasteiger partial charge on any atom is -0.346 e. The van der Waals surface area contributed by atoms with E-state index >= 15 is 0 Å². The zero-order valence-electron chi connectivity index (χ0n) is 10.9. The lowest BCUT2D eigenvalue weighted by Gasteiger charge is -2.06. The van der Waals surface area contributed by atoms with Crippen molar-refractivity contribution < 1.29 is 4.79 Å². The van der Waals surface area contributed by atoms with E-state index in [2.05, 4.69) is 31.4 Å². The number of para-hydroxylation sites is 1. The normalized spacial score (nSPS) is 10.8. The zero-order valence-corrected chi connectivity index (χ0v) is 13.2. The van der Waals surface area contributed by atoms with Crippen LogP contribution >= 0.6 is 27.5 Å². The Morgan fingerprint density at radius 2 is 2.10 bits per heavy atom. The molecule has 0 saturated carbocycles. The number of hydrogen-bond acceptors (Lipinski definition) is 2. The van der Waals surface area contributed by atoms with Crippen LogP contribution in [-0.4, -0.2) is 16.1 Å². The fraction of sp³-hybridized carbons (Fsp3) is 0.0667. The van der Waals surface area contributed by atoms with Crippen LogP contribution in [0, 0.1) is 0 Å². The van der Waals surface area contributed by atoms with Gasteiger partial charge in [-0.25, -0.2) is 0 Å². The van der Waals surface area contributed by atoms with Crippen LogP contribution in [0.1, 0.15) is 16.1 Å². The van der Waals surface area contributed by atoms with Gasteiger partial charge in [-0.3, -0.25) is 9.89 Å². The van der Waals surface area contributed by atoms with Crippen LogP contribution in [0.3, 0.4) is 0 Å². The first-order valence-electron chi connectivity index (χ1n) is 6.30. The number of H-pyrrole nitrogens is 1. The summed E-state index contributed by atoms with van der Waals surface area (Å²) in [5.41, 5.74) is 2.08. The molecule has 21 heavy (non-hydrogen) atoms. The summed E-state index contributed by atoms with van der Waals surface area (Å²) in [5, 5.41) is 11.2. The molecule has 4 nitrogen and oxygen atoms in total. The van der Waals surface area contributed by atoms with Crippen LogP contribution in [0.15, 0.2) is 46.9 Å². The van der Waals surface area contributed by atoms with E-state index in [9.17, 15) is 4.79 Å². The van der Waals surface area contributed by atoms with E-state index in [1.807, 2.05) is 36.4 Å². The van der Waals surface area contributed by atoms with Gasteiger partial charge in [-0.05, 0) is 23.8 Å². The molecule has 1 heterocycles. The summed E-state index contributed by atoms with van der Waals surface area (Å²) >= 11 is 9.48. The van der Waals surface area contributed by atoms with Crippen LogP contribution in [0.25, 0.3) is 10.9 Å². The van der Waals surface area contributed by atoms with Gasteiger partial charge >= 0.3 is 0 Å². The lowest BCUT2D eigenvalue weighted by molar-refractivity contribution is 0.0947. The number of rotatable bonds is 3. The van der Waals surface area contributed by atoms with E-state index in [0.29, 0.717) is 17.3 Å². The van der Waals surface area contributed by atoms with Gasteiger partial charge in [0.2, 0.25) is 0 Å². The molecule has 2 aromatic carbocycles. The van der Waals surface area contributed by atoms with E-state index in [0.717, 1.165) is 20.9 Å². The van der Waals surface area contributed by atoms with Crippen molar-refractivity contribution in [3.05, 3.63) is 63.2 Å². The average molecular weight is 365 g/mol. The van der Waals surface area contributed by atoms with Crippen molar-refractivity contribution >= 4 is 44.3 Å². The standard InChI is InChI=1S/C15H11BrClN3O/c16-10-6-5-9(12(17)7-10)8-18-15(21)14-11-3-1-2-4-13(11)19-20-14/h1-7H,8H2,(H,18,21)(H,19,20). The highest BCUT2D eigenvalue weighted by atomic mass is 79.9. The van der Waals surface area contributed by atoms with Crippen LogP contribution in [0.4, 0.5) is 0 Å².